The maximum absolute atomic E-state index is 13.2. The van der Waals surface area contributed by atoms with E-state index in [1.807, 2.05) is 6.07 Å². The summed E-state index contributed by atoms with van der Waals surface area (Å²) in [6.45, 7) is 2.36. The Morgan fingerprint density at radius 3 is 2.88 bits per heavy atom. The van der Waals surface area contributed by atoms with Crippen molar-refractivity contribution in [3.05, 3.63) is 29.6 Å². The lowest BCUT2D eigenvalue weighted by molar-refractivity contribution is 0.111. The fourth-order valence-electron chi connectivity index (χ4n) is 1.24. The summed E-state index contributed by atoms with van der Waals surface area (Å²) in [6, 6.07) is 8.11. The highest BCUT2D eigenvalue weighted by Crippen LogP contribution is 2.17. The minimum absolute atomic E-state index is 0.0131. The zero-order valence-electron chi connectivity index (χ0n) is 9.40. The Balaban J connectivity index is 2.51. The van der Waals surface area contributed by atoms with Crippen molar-refractivity contribution in [1.29, 1.82) is 10.5 Å². The molecule has 1 N–H and O–H groups in total. The molecule has 0 bridgehead atoms. The van der Waals surface area contributed by atoms with Crippen molar-refractivity contribution < 1.29 is 9.13 Å². The van der Waals surface area contributed by atoms with E-state index in [4.69, 9.17) is 15.3 Å². The lowest BCUT2D eigenvalue weighted by atomic mass is 10.2. The third-order valence-corrected chi connectivity index (χ3v) is 2.09. The van der Waals surface area contributed by atoms with Gasteiger partial charge < -0.3 is 10.1 Å². The maximum atomic E-state index is 13.2. The molecule has 1 rings (SSSR count). The molecule has 1 atom stereocenters. The molecule has 0 radical (unpaired) electrons. The molecule has 17 heavy (non-hydrogen) atoms. The highest BCUT2D eigenvalue weighted by atomic mass is 19.1. The Labute approximate surface area is 99.2 Å². The standard InChI is InChI=1S/C12H12FN3O/c1-9(7-14)17-6-5-16-12-4-2-3-11(13)10(12)8-15/h2-4,9,16H,5-6H2,1H3. The Bertz CT molecular complexity index is 462. The number of nitrogens with zero attached hydrogens (tertiary/aromatic N) is 2. The van der Waals surface area contributed by atoms with Gasteiger partial charge in [0.2, 0.25) is 0 Å². The van der Waals surface area contributed by atoms with E-state index in [9.17, 15) is 4.39 Å². The van der Waals surface area contributed by atoms with Gasteiger partial charge in [-0.05, 0) is 19.1 Å². The first-order valence-electron chi connectivity index (χ1n) is 5.12. The second kappa shape index (κ2) is 6.47. The van der Waals surface area contributed by atoms with E-state index in [2.05, 4.69) is 5.32 Å². The van der Waals surface area contributed by atoms with Crippen LogP contribution in [0.25, 0.3) is 0 Å². The van der Waals surface area contributed by atoms with E-state index < -0.39 is 11.9 Å². The zero-order chi connectivity index (χ0) is 12.7. The van der Waals surface area contributed by atoms with E-state index >= 15 is 0 Å². The quantitative estimate of drug-likeness (QED) is 0.790. The van der Waals surface area contributed by atoms with Crippen molar-refractivity contribution >= 4 is 5.69 Å². The lowest BCUT2D eigenvalue weighted by Gasteiger charge is -2.09. The van der Waals surface area contributed by atoms with Crippen LogP contribution < -0.4 is 5.32 Å². The van der Waals surface area contributed by atoms with Gasteiger partial charge in [-0.15, -0.1) is 0 Å². The Morgan fingerprint density at radius 2 is 2.24 bits per heavy atom. The molecular weight excluding hydrogens is 221 g/mol. The molecule has 0 amide bonds. The molecule has 4 nitrogen and oxygen atoms in total. The molecule has 1 aromatic carbocycles. The smallest absolute Gasteiger partial charge is 0.143 e. The van der Waals surface area contributed by atoms with Gasteiger partial charge in [0.15, 0.2) is 0 Å². The van der Waals surface area contributed by atoms with Crippen LogP contribution in [0.1, 0.15) is 12.5 Å². The predicted molar refractivity (Wildman–Crippen MR) is 60.6 cm³/mol. The maximum Gasteiger partial charge on any atom is 0.143 e. The molecule has 1 aromatic rings. The van der Waals surface area contributed by atoms with Crippen LogP contribution in [0.2, 0.25) is 0 Å². The number of hydrogen-bond acceptors (Lipinski definition) is 4. The fourth-order valence-corrected chi connectivity index (χ4v) is 1.24. The largest absolute Gasteiger partial charge is 0.382 e. The monoisotopic (exact) mass is 233 g/mol. The molecular formula is C12H12FN3O. The van der Waals surface area contributed by atoms with E-state index in [1.54, 1.807) is 19.1 Å². The predicted octanol–water partition coefficient (Wildman–Crippen LogP) is 2.04. The zero-order valence-corrected chi connectivity index (χ0v) is 9.40. The highest BCUT2D eigenvalue weighted by Gasteiger charge is 2.06. The summed E-state index contributed by atoms with van der Waals surface area (Å²) in [6.07, 6.45) is -0.472. The van der Waals surface area contributed by atoms with Crippen LogP contribution in [0, 0.1) is 28.5 Å². The molecule has 0 aliphatic rings. The SMILES string of the molecule is CC(C#N)OCCNc1cccc(F)c1C#N. The molecule has 0 aliphatic heterocycles. The molecule has 1 unspecified atom stereocenters. The number of hydrogen-bond donors (Lipinski definition) is 1. The average molecular weight is 233 g/mol. The van der Waals surface area contributed by atoms with E-state index in [0.717, 1.165) is 0 Å². The Kier molecular flexibility index (Phi) is 4.93. The van der Waals surface area contributed by atoms with Gasteiger partial charge in [0.05, 0.1) is 18.4 Å². The number of halogens is 1. The third-order valence-electron chi connectivity index (χ3n) is 2.09. The molecule has 0 aromatic heterocycles. The van der Waals surface area contributed by atoms with Gasteiger partial charge in [0.25, 0.3) is 0 Å². The van der Waals surface area contributed by atoms with Crippen LogP contribution in [0.15, 0.2) is 18.2 Å². The normalized spacial score (nSPS) is 11.3. The van der Waals surface area contributed by atoms with E-state index in [1.165, 1.54) is 12.1 Å². The first kappa shape index (κ1) is 13.0. The minimum Gasteiger partial charge on any atom is -0.382 e. The second-order valence-electron chi connectivity index (χ2n) is 3.34. The van der Waals surface area contributed by atoms with Crippen LogP contribution in [0.3, 0.4) is 0 Å². The highest BCUT2D eigenvalue weighted by molar-refractivity contribution is 5.57. The number of nitrogens with one attached hydrogen (secondary N) is 1. The molecule has 0 heterocycles. The van der Waals surface area contributed by atoms with Crippen LogP contribution in [-0.4, -0.2) is 19.3 Å². The van der Waals surface area contributed by atoms with Gasteiger partial charge in [-0.2, -0.15) is 10.5 Å². The lowest BCUT2D eigenvalue weighted by Crippen LogP contribution is -2.14. The van der Waals surface area contributed by atoms with Crippen molar-refractivity contribution in [2.24, 2.45) is 0 Å². The third kappa shape index (κ3) is 3.75. The van der Waals surface area contributed by atoms with Crippen LogP contribution in [0.4, 0.5) is 10.1 Å². The molecule has 5 heteroatoms. The molecule has 0 saturated heterocycles. The van der Waals surface area contributed by atoms with Gasteiger partial charge in [-0.25, -0.2) is 4.39 Å². The summed E-state index contributed by atoms with van der Waals surface area (Å²) in [4.78, 5) is 0. The topological polar surface area (TPSA) is 68.8 Å². The number of anilines is 1. The molecule has 0 spiro atoms. The fraction of sp³-hybridized carbons (Fsp3) is 0.333. The van der Waals surface area contributed by atoms with Crippen molar-refractivity contribution in [1.82, 2.24) is 0 Å². The van der Waals surface area contributed by atoms with Gasteiger partial charge in [0.1, 0.15) is 23.6 Å². The summed E-state index contributed by atoms with van der Waals surface area (Å²) in [5, 5.41) is 20.1. The van der Waals surface area contributed by atoms with E-state index in [0.29, 0.717) is 18.8 Å². The molecule has 0 saturated carbocycles. The summed E-state index contributed by atoms with van der Waals surface area (Å²) in [5.74, 6) is -0.552. The number of benzene rings is 1. The molecule has 0 aliphatic carbocycles. The molecule has 0 fully saturated rings. The second-order valence-corrected chi connectivity index (χ2v) is 3.34. The molecule has 88 valence electrons. The van der Waals surface area contributed by atoms with Crippen LogP contribution in [-0.2, 0) is 4.74 Å². The minimum atomic E-state index is -0.552. The van der Waals surface area contributed by atoms with Crippen molar-refractivity contribution in [2.45, 2.75) is 13.0 Å². The summed E-state index contributed by atoms with van der Waals surface area (Å²) >= 11 is 0. The van der Waals surface area contributed by atoms with E-state index in [-0.39, 0.29) is 5.56 Å². The number of rotatable bonds is 5. The van der Waals surface area contributed by atoms with Gasteiger partial charge in [-0.3, -0.25) is 0 Å². The Hall–Kier alpha value is -2.11. The van der Waals surface area contributed by atoms with Crippen molar-refractivity contribution in [2.75, 3.05) is 18.5 Å². The van der Waals surface area contributed by atoms with Gasteiger partial charge in [0, 0.05) is 6.54 Å². The first-order valence-corrected chi connectivity index (χ1v) is 5.12. The summed E-state index contributed by atoms with van der Waals surface area (Å²) < 4.78 is 18.3. The summed E-state index contributed by atoms with van der Waals surface area (Å²) in [7, 11) is 0. The number of nitriles is 2. The van der Waals surface area contributed by atoms with Gasteiger partial charge >= 0.3 is 0 Å². The summed E-state index contributed by atoms with van der Waals surface area (Å²) in [5.41, 5.74) is 0.418. The van der Waals surface area contributed by atoms with Crippen molar-refractivity contribution in [3.63, 3.8) is 0 Å². The van der Waals surface area contributed by atoms with Crippen LogP contribution >= 0.6 is 0 Å². The van der Waals surface area contributed by atoms with Gasteiger partial charge in [-0.1, -0.05) is 6.07 Å². The first-order chi connectivity index (χ1) is 8.19. The van der Waals surface area contributed by atoms with Crippen LogP contribution in [0.5, 0.6) is 0 Å². The average Bonchev–Trinajstić information content (AvgIpc) is 2.34. The number of ether oxygens (including phenoxy) is 1. The van der Waals surface area contributed by atoms with Crippen molar-refractivity contribution in [3.8, 4) is 12.1 Å². The Morgan fingerprint density at radius 1 is 1.47 bits per heavy atom.